The predicted octanol–water partition coefficient (Wildman–Crippen LogP) is 7.30. The molecule has 0 aliphatic heterocycles. The van der Waals surface area contributed by atoms with E-state index in [-0.39, 0.29) is 11.9 Å². The maximum absolute atomic E-state index is 12.5. The number of rotatable bonds is 12. The summed E-state index contributed by atoms with van der Waals surface area (Å²) in [6, 6.07) is 0. The number of hydrogen-bond donors (Lipinski definition) is 0. The molecule has 4 unspecified atom stereocenters. The molecule has 0 heterocycles. The van der Waals surface area contributed by atoms with E-state index in [4.69, 9.17) is 4.74 Å². The Bertz CT molecular complexity index is 378. The fourth-order valence-electron chi connectivity index (χ4n) is 5.44. The Morgan fingerprint density at radius 3 is 2.12 bits per heavy atom. The van der Waals surface area contributed by atoms with E-state index in [1.165, 1.54) is 89.9 Å². The van der Waals surface area contributed by atoms with Crippen LogP contribution < -0.4 is 0 Å². The van der Waals surface area contributed by atoms with Gasteiger partial charge in [0.2, 0.25) is 0 Å². The van der Waals surface area contributed by atoms with Gasteiger partial charge >= 0.3 is 5.97 Å². The summed E-state index contributed by atoms with van der Waals surface area (Å²) in [5.41, 5.74) is 0. The van der Waals surface area contributed by atoms with E-state index in [0.29, 0.717) is 12.5 Å². The molecule has 152 valence electrons. The van der Waals surface area contributed by atoms with Crippen LogP contribution in [0.1, 0.15) is 117 Å². The normalized spacial score (nSPS) is 28.5. The molecule has 0 bridgehead atoms. The van der Waals surface area contributed by atoms with Gasteiger partial charge in [-0.25, -0.2) is 0 Å². The molecular formula is C24H44O2. The second-order valence-electron chi connectivity index (χ2n) is 9.10. The quantitative estimate of drug-likeness (QED) is 0.268. The fraction of sp³-hybridized carbons (Fsp3) is 0.958. The van der Waals surface area contributed by atoms with E-state index >= 15 is 0 Å². The molecule has 2 nitrogen and oxygen atoms in total. The van der Waals surface area contributed by atoms with Crippen LogP contribution in [0.5, 0.6) is 0 Å². The van der Waals surface area contributed by atoms with Crippen molar-refractivity contribution >= 4 is 5.97 Å². The van der Waals surface area contributed by atoms with Crippen molar-refractivity contribution in [2.75, 3.05) is 6.61 Å². The summed E-state index contributed by atoms with van der Waals surface area (Å²) in [6.45, 7) is 5.23. The Kier molecular flexibility index (Phi) is 10.7. The maximum Gasteiger partial charge on any atom is 0.309 e. The standard InChI is InChI=1S/C24H44O2/c1-3-4-5-6-7-8-9-10-11-14-19-26-24(25)23-18-17-21-15-12-13-16-22(21)20(23)2/h20-23H,3-19H2,1-2H3. The van der Waals surface area contributed by atoms with Gasteiger partial charge in [-0.15, -0.1) is 0 Å². The van der Waals surface area contributed by atoms with Crippen molar-refractivity contribution in [1.82, 2.24) is 0 Å². The minimum absolute atomic E-state index is 0.109. The van der Waals surface area contributed by atoms with Crippen molar-refractivity contribution in [3.05, 3.63) is 0 Å². The van der Waals surface area contributed by atoms with Crippen molar-refractivity contribution < 1.29 is 9.53 Å². The van der Waals surface area contributed by atoms with Crippen molar-refractivity contribution in [1.29, 1.82) is 0 Å². The van der Waals surface area contributed by atoms with E-state index in [1.54, 1.807) is 0 Å². The average Bonchev–Trinajstić information content (AvgIpc) is 2.66. The Labute approximate surface area is 162 Å². The van der Waals surface area contributed by atoms with Gasteiger partial charge in [0.25, 0.3) is 0 Å². The minimum atomic E-state index is 0.109. The van der Waals surface area contributed by atoms with Gasteiger partial charge in [-0.3, -0.25) is 4.79 Å². The van der Waals surface area contributed by atoms with Crippen LogP contribution in [0.4, 0.5) is 0 Å². The number of hydrogen-bond acceptors (Lipinski definition) is 2. The van der Waals surface area contributed by atoms with Gasteiger partial charge in [-0.05, 0) is 43.4 Å². The topological polar surface area (TPSA) is 26.3 Å². The Balaban J connectivity index is 1.48. The summed E-state index contributed by atoms with van der Waals surface area (Å²) in [5, 5.41) is 0. The first-order chi connectivity index (χ1) is 12.7. The van der Waals surface area contributed by atoms with Crippen LogP contribution in [-0.4, -0.2) is 12.6 Å². The molecule has 0 spiro atoms. The van der Waals surface area contributed by atoms with Crippen molar-refractivity contribution in [2.45, 2.75) is 117 Å². The van der Waals surface area contributed by atoms with Crippen LogP contribution in [0.15, 0.2) is 0 Å². The molecule has 0 aromatic rings. The molecule has 0 amide bonds. The molecule has 2 rings (SSSR count). The summed E-state index contributed by atoms with van der Waals surface area (Å²) >= 11 is 0. The molecule has 0 saturated heterocycles. The highest BCUT2D eigenvalue weighted by Crippen LogP contribution is 2.46. The molecule has 4 atom stereocenters. The number of ether oxygens (including phenoxy) is 1. The maximum atomic E-state index is 12.5. The molecule has 26 heavy (non-hydrogen) atoms. The predicted molar refractivity (Wildman–Crippen MR) is 110 cm³/mol. The summed E-state index contributed by atoms with van der Waals surface area (Å²) in [7, 11) is 0. The summed E-state index contributed by atoms with van der Waals surface area (Å²) < 4.78 is 5.66. The Hall–Kier alpha value is -0.530. The largest absolute Gasteiger partial charge is 0.465 e. The van der Waals surface area contributed by atoms with Gasteiger partial charge in [0.15, 0.2) is 0 Å². The fourth-order valence-corrected chi connectivity index (χ4v) is 5.44. The van der Waals surface area contributed by atoms with Gasteiger partial charge in [0, 0.05) is 0 Å². The van der Waals surface area contributed by atoms with E-state index in [2.05, 4.69) is 13.8 Å². The van der Waals surface area contributed by atoms with Crippen molar-refractivity contribution in [2.24, 2.45) is 23.7 Å². The van der Waals surface area contributed by atoms with Crippen LogP contribution in [0, 0.1) is 23.7 Å². The van der Waals surface area contributed by atoms with Crippen molar-refractivity contribution in [3.8, 4) is 0 Å². The van der Waals surface area contributed by atoms with E-state index < -0.39 is 0 Å². The lowest BCUT2D eigenvalue weighted by Gasteiger charge is -2.43. The number of carbonyl (C=O) groups is 1. The highest BCUT2D eigenvalue weighted by Gasteiger charge is 2.41. The smallest absolute Gasteiger partial charge is 0.309 e. The third-order valence-corrected chi connectivity index (χ3v) is 7.17. The lowest BCUT2D eigenvalue weighted by atomic mass is 9.62. The zero-order valence-corrected chi connectivity index (χ0v) is 17.6. The third-order valence-electron chi connectivity index (χ3n) is 7.17. The third kappa shape index (κ3) is 7.24. The van der Waals surface area contributed by atoms with Gasteiger partial charge in [0.1, 0.15) is 0 Å². The number of fused-ring (bicyclic) bond motifs is 1. The number of unbranched alkanes of at least 4 members (excludes halogenated alkanes) is 9. The minimum Gasteiger partial charge on any atom is -0.465 e. The van der Waals surface area contributed by atoms with Crippen LogP contribution in [0.25, 0.3) is 0 Å². The first-order valence-corrected chi connectivity index (χ1v) is 11.9. The molecule has 2 aliphatic carbocycles. The van der Waals surface area contributed by atoms with Crippen LogP contribution in [-0.2, 0) is 9.53 Å². The van der Waals surface area contributed by atoms with E-state index in [0.717, 1.165) is 24.7 Å². The molecule has 0 radical (unpaired) electrons. The lowest BCUT2D eigenvalue weighted by Crippen LogP contribution is -2.39. The van der Waals surface area contributed by atoms with E-state index in [1.807, 2.05) is 0 Å². The van der Waals surface area contributed by atoms with Gasteiger partial charge in [-0.2, -0.15) is 0 Å². The lowest BCUT2D eigenvalue weighted by molar-refractivity contribution is -0.154. The highest BCUT2D eigenvalue weighted by molar-refractivity contribution is 5.73. The highest BCUT2D eigenvalue weighted by atomic mass is 16.5. The second-order valence-corrected chi connectivity index (χ2v) is 9.10. The summed E-state index contributed by atoms with van der Waals surface area (Å²) in [4.78, 5) is 12.5. The molecule has 2 saturated carbocycles. The molecule has 2 heteroatoms. The van der Waals surface area contributed by atoms with Crippen LogP contribution in [0.2, 0.25) is 0 Å². The second kappa shape index (κ2) is 12.8. The number of esters is 1. The summed E-state index contributed by atoms with van der Waals surface area (Å²) in [6.07, 6.45) is 21.1. The molecule has 2 fully saturated rings. The van der Waals surface area contributed by atoms with E-state index in [9.17, 15) is 4.79 Å². The molecule has 0 aromatic heterocycles. The average molecular weight is 365 g/mol. The van der Waals surface area contributed by atoms with Gasteiger partial charge in [-0.1, -0.05) is 90.9 Å². The summed E-state index contributed by atoms with van der Waals surface area (Å²) in [5.74, 6) is 2.50. The molecule has 0 aromatic carbocycles. The molecule has 0 N–H and O–H groups in total. The molecular weight excluding hydrogens is 320 g/mol. The van der Waals surface area contributed by atoms with Gasteiger partial charge in [0.05, 0.1) is 12.5 Å². The van der Waals surface area contributed by atoms with Crippen LogP contribution in [0.3, 0.4) is 0 Å². The first kappa shape index (κ1) is 21.8. The first-order valence-electron chi connectivity index (χ1n) is 11.9. The number of carbonyl (C=O) groups excluding carboxylic acids is 1. The Morgan fingerprint density at radius 1 is 0.808 bits per heavy atom. The zero-order chi connectivity index (χ0) is 18.6. The van der Waals surface area contributed by atoms with Crippen molar-refractivity contribution in [3.63, 3.8) is 0 Å². The Morgan fingerprint density at radius 2 is 1.42 bits per heavy atom. The van der Waals surface area contributed by atoms with Gasteiger partial charge < -0.3 is 4.74 Å². The molecule has 2 aliphatic rings. The van der Waals surface area contributed by atoms with Crippen LogP contribution >= 0.6 is 0 Å². The monoisotopic (exact) mass is 364 g/mol. The zero-order valence-electron chi connectivity index (χ0n) is 17.6. The SMILES string of the molecule is CCCCCCCCCCCCOC(=O)C1CCC2CCCCC2C1C.